The molecule has 2 N–H and O–H groups in total. The highest BCUT2D eigenvalue weighted by Gasteiger charge is 2.38. The van der Waals surface area contributed by atoms with E-state index in [1.165, 1.54) is 11.8 Å². The minimum Gasteiger partial charge on any atom is -0.480 e. The molecule has 2 heterocycles. The number of fused-ring (bicyclic) bond motifs is 1. The number of aromatic nitrogens is 1. The highest BCUT2D eigenvalue weighted by Crippen LogP contribution is 2.36. The second-order valence-corrected chi connectivity index (χ2v) is 10.8. The van der Waals surface area contributed by atoms with Crippen molar-refractivity contribution in [3.05, 3.63) is 28.9 Å². The molecule has 10 nitrogen and oxygen atoms in total. The number of carboxylic acid groups (broad SMARTS) is 1. The number of halogens is 1. The topological polar surface area (TPSA) is 119 Å². The summed E-state index contributed by atoms with van der Waals surface area (Å²) >= 11 is 6.61. The number of carboxylic acids is 1. The molecule has 0 bridgehead atoms. The molecule has 0 saturated carbocycles. The average Bonchev–Trinajstić information content (AvgIpc) is 3.08. The zero-order chi connectivity index (χ0) is 26.8. The van der Waals surface area contributed by atoms with Crippen LogP contribution in [0.15, 0.2) is 18.2 Å². The van der Waals surface area contributed by atoms with E-state index in [1.807, 2.05) is 34.6 Å². The zero-order valence-corrected chi connectivity index (χ0v) is 22.3. The average molecular weight is 524 g/mol. The van der Waals surface area contributed by atoms with Crippen LogP contribution in [-0.2, 0) is 9.53 Å². The third-order valence-electron chi connectivity index (χ3n) is 6.13. The predicted octanol–water partition coefficient (Wildman–Crippen LogP) is 3.97. The first-order valence-electron chi connectivity index (χ1n) is 11.8. The first kappa shape index (κ1) is 27.4. The van der Waals surface area contributed by atoms with Crippen LogP contribution in [0.1, 0.15) is 57.9 Å². The molecule has 1 fully saturated rings. The molecule has 0 spiro atoms. The van der Waals surface area contributed by atoms with E-state index < -0.39 is 29.6 Å². The number of ether oxygens (including phenoxy) is 2. The molecule has 1 aromatic carbocycles. The number of aliphatic carboxylic acids is 1. The van der Waals surface area contributed by atoms with Crippen molar-refractivity contribution in [1.29, 1.82) is 0 Å². The molecule has 36 heavy (non-hydrogen) atoms. The van der Waals surface area contributed by atoms with Crippen LogP contribution in [0.3, 0.4) is 0 Å². The van der Waals surface area contributed by atoms with Gasteiger partial charge in [0.15, 0.2) is 12.3 Å². The summed E-state index contributed by atoms with van der Waals surface area (Å²) in [6, 6.07) is 4.93. The van der Waals surface area contributed by atoms with Crippen molar-refractivity contribution in [3.63, 3.8) is 0 Å². The van der Waals surface area contributed by atoms with Crippen LogP contribution in [0.4, 0.5) is 4.79 Å². The van der Waals surface area contributed by atoms with Crippen molar-refractivity contribution in [2.45, 2.75) is 58.6 Å². The lowest BCUT2D eigenvalue weighted by molar-refractivity contribution is -0.139. The fraction of sp³-hybridized carbons (Fsp3) is 0.560. The summed E-state index contributed by atoms with van der Waals surface area (Å²) in [5.41, 5.74) is -0.874. The molecule has 0 unspecified atom stereocenters. The van der Waals surface area contributed by atoms with E-state index in [9.17, 15) is 14.4 Å². The Morgan fingerprint density at radius 1 is 1.19 bits per heavy atom. The molecular weight excluding hydrogens is 490 g/mol. The smallest absolute Gasteiger partial charge is 0.410 e. The van der Waals surface area contributed by atoms with E-state index in [4.69, 9.17) is 31.0 Å². The van der Waals surface area contributed by atoms with Gasteiger partial charge in [-0.15, -0.1) is 0 Å². The summed E-state index contributed by atoms with van der Waals surface area (Å²) < 4.78 is 12.2. The van der Waals surface area contributed by atoms with Gasteiger partial charge >= 0.3 is 12.1 Å². The largest absolute Gasteiger partial charge is 0.480 e. The summed E-state index contributed by atoms with van der Waals surface area (Å²) in [7, 11) is 1.38. The molecule has 0 radical (unpaired) electrons. The van der Waals surface area contributed by atoms with Crippen LogP contribution in [0.5, 0.6) is 5.75 Å². The number of benzene rings is 1. The van der Waals surface area contributed by atoms with E-state index in [0.29, 0.717) is 24.0 Å². The fourth-order valence-corrected chi connectivity index (χ4v) is 4.70. The molecule has 1 aliphatic rings. The SMILES string of the molecule is COn1c(C(=O)NC(C)(C)[C@@H]2CCCN(C(=O)OC(C)(C)C)C2)c(Cl)c2cccc(OCC(=O)O)c21. The number of likely N-dealkylation sites (tertiary alicyclic amines) is 1. The summed E-state index contributed by atoms with van der Waals surface area (Å²) in [6.07, 6.45) is 1.23. The maximum absolute atomic E-state index is 13.5. The minimum absolute atomic E-state index is 0.0312. The van der Waals surface area contributed by atoms with Gasteiger partial charge in [-0.3, -0.25) is 4.79 Å². The Labute approximate surface area is 215 Å². The summed E-state index contributed by atoms with van der Waals surface area (Å²) in [6.45, 7) is 9.77. The molecule has 2 amide bonds. The first-order chi connectivity index (χ1) is 16.7. The standard InChI is InChI=1S/C25H34ClN3O7/c1-24(2,3)36-23(33)28-12-8-9-15(13-28)25(4,5)27-22(32)21-19(26)16-10-7-11-17(35-14-18(30)31)20(16)29(21)34-6/h7,10-11,15H,8-9,12-14H2,1-6H3,(H,27,32)(H,30,31)/t15-/m1/s1. The number of hydrogen-bond acceptors (Lipinski definition) is 6. The van der Waals surface area contributed by atoms with Crippen LogP contribution < -0.4 is 14.9 Å². The predicted molar refractivity (Wildman–Crippen MR) is 135 cm³/mol. The molecular formula is C25H34ClN3O7. The van der Waals surface area contributed by atoms with Gasteiger partial charge in [0.1, 0.15) is 24.0 Å². The second kappa shape index (κ2) is 10.5. The van der Waals surface area contributed by atoms with Crippen molar-refractivity contribution in [2.75, 3.05) is 26.8 Å². The van der Waals surface area contributed by atoms with Crippen molar-refractivity contribution in [3.8, 4) is 5.75 Å². The van der Waals surface area contributed by atoms with Gasteiger partial charge in [0.2, 0.25) is 0 Å². The minimum atomic E-state index is -1.14. The number of rotatable bonds is 7. The fourth-order valence-electron chi connectivity index (χ4n) is 4.38. The van der Waals surface area contributed by atoms with E-state index in [-0.39, 0.29) is 28.5 Å². The van der Waals surface area contributed by atoms with E-state index in [0.717, 1.165) is 12.8 Å². The van der Waals surface area contributed by atoms with Gasteiger partial charge in [-0.25, -0.2) is 9.59 Å². The molecule has 0 aliphatic carbocycles. The molecule has 3 rings (SSSR count). The van der Waals surface area contributed by atoms with Crippen molar-refractivity contribution < 1.29 is 33.8 Å². The quantitative estimate of drug-likeness (QED) is 0.563. The Bertz CT molecular complexity index is 1150. The number of para-hydroxylation sites is 1. The Hall–Kier alpha value is -3.14. The highest BCUT2D eigenvalue weighted by atomic mass is 35.5. The third-order valence-corrected chi connectivity index (χ3v) is 6.51. The number of amides is 2. The number of piperidine rings is 1. The third kappa shape index (κ3) is 5.98. The Balaban J connectivity index is 1.86. The maximum Gasteiger partial charge on any atom is 0.410 e. The van der Waals surface area contributed by atoms with Crippen molar-refractivity contribution in [2.24, 2.45) is 5.92 Å². The van der Waals surface area contributed by atoms with Crippen LogP contribution in [0.2, 0.25) is 5.02 Å². The van der Waals surface area contributed by atoms with Crippen molar-refractivity contribution in [1.82, 2.24) is 14.9 Å². The number of hydrogen-bond donors (Lipinski definition) is 2. The normalized spacial score (nSPS) is 16.5. The van der Waals surface area contributed by atoms with E-state index in [1.54, 1.807) is 23.1 Å². The summed E-state index contributed by atoms with van der Waals surface area (Å²) in [5, 5.41) is 12.7. The molecule has 198 valence electrons. The van der Waals surface area contributed by atoms with Crippen molar-refractivity contribution >= 4 is 40.5 Å². The Kier molecular flexibility index (Phi) is 7.97. The van der Waals surface area contributed by atoms with Gasteiger partial charge in [-0.05, 0) is 59.4 Å². The Morgan fingerprint density at radius 3 is 2.50 bits per heavy atom. The van der Waals surface area contributed by atoms with Gasteiger partial charge in [-0.1, -0.05) is 23.7 Å². The number of carbonyl (C=O) groups is 3. The number of nitrogens with one attached hydrogen (secondary N) is 1. The molecule has 1 aromatic heterocycles. The lowest BCUT2D eigenvalue weighted by atomic mass is 9.81. The lowest BCUT2D eigenvalue weighted by Gasteiger charge is -2.42. The summed E-state index contributed by atoms with van der Waals surface area (Å²) in [4.78, 5) is 44.3. The number of carbonyl (C=O) groups excluding carboxylic acids is 2. The van der Waals surface area contributed by atoms with Gasteiger partial charge in [0, 0.05) is 24.0 Å². The van der Waals surface area contributed by atoms with E-state index in [2.05, 4.69) is 5.32 Å². The molecule has 1 aliphatic heterocycles. The number of nitrogens with zero attached hydrogens (tertiary/aromatic N) is 2. The van der Waals surface area contributed by atoms with E-state index >= 15 is 0 Å². The molecule has 1 saturated heterocycles. The van der Waals surface area contributed by atoms with Gasteiger partial charge in [0.05, 0.1) is 5.02 Å². The molecule has 1 atom stereocenters. The lowest BCUT2D eigenvalue weighted by Crippen LogP contribution is -2.55. The second-order valence-electron chi connectivity index (χ2n) is 10.4. The first-order valence-corrected chi connectivity index (χ1v) is 12.2. The highest BCUT2D eigenvalue weighted by molar-refractivity contribution is 6.39. The molecule has 2 aromatic rings. The van der Waals surface area contributed by atoms with Crippen LogP contribution >= 0.6 is 11.6 Å². The van der Waals surface area contributed by atoms with Crippen LogP contribution in [0.25, 0.3) is 10.9 Å². The summed E-state index contributed by atoms with van der Waals surface area (Å²) in [5.74, 6) is -1.42. The van der Waals surface area contributed by atoms with Crippen LogP contribution in [0, 0.1) is 5.92 Å². The monoisotopic (exact) mass is 523 g/mol. The Morgan fingerprint density at radius 2 is 1.89 bits per heavy atom. The van der Waals surface area contributed by atoms with Gasteiger partial charge < -0.3 is 29.6 Å². The van der Waals surface area contributed by atoms with Gasteiger partial charge in [-0.2, -0.15) is 4.73 Å². The molecule has 11 heteroatoms. The van der Waals surface area contributed by atoms with Crippen LogP contribution in [-0.4, -0.2) is 70.7 Å². The van der Waals surface area contributed by atoms with Gasteiger partial charge in [0.25, 0.3) is 5.91 Å². The zero-order valence-electron chi connectivity index (χ0n) is 21.5. The maximum atomic E-state index is 13.5.